The Labute approximate surface area is 114 Å². The lowest BCUT2D eigenvalue weighted by atomic mass is 9.80. The van der Waals surface area contributed by atoms with Gasteiger partial charge in [0.25, 0.3) is 0 Å². The van der Waals surface area contributed by atoms with Crippen molar-refractivity contribution < 1.29 is 22.1 Å². The maximum absolute atomic E-state index is 13.3. The van der Waals surface area contributed by atoms with E-state index in [2.05, 4.69) is 0 Å². The summed E-state index contributed by atoms with van der Waals surface area (Å²) in [4.78, 5) is 0. The summed E-state index contributed by atoms with van der Waals surface area (Å²) >= 11 is 0. The van der Waals surface area contributed by atoms with Crippen LogP contribution in [0.5, 0.6) is 5.75 Å². The Kier molecular flexibility index (Phi) is 4.32. The molecular formula is C14H12BF4O-. The highest BCUT2D eigenvalue weighted by Crippen LogP contribution is 2.17. The van der Waals surface area contributed by atoms with Crippen molar-refractivity contribution >= 4 is 12.4 Å². The van der Waals surface area contributed by atoms with Crippen LogP contribution < -0.4 is 10.2 Å². The highest BCUT2D eigenvalue weighted by molar-refractivity contribution is 6.73. The first kappa shape index (κ1) is 14.4. The minimum atomic E-state index is -5.33. The zero-order valence-electron chi connectivity index (χ0n) is 10.5. The summed E-state index contributed by atoms with van der Waals surface area (Å²) in [6.07, 6.45) is 0.605. The Morgan fingerprint density at radius 3 is 2.25 bits per heavy atom. The van der Waals surface area contributed by atoms with E-state index < -0.39 is 18.3 Å². The number of hydrogen-bond donors (Lipinski definition) is 0. The van der Waals surface area contributed by atoms with Gasteiger partial charge in [-0.05, 0) is 11.6 Å². The molecule has 0 aliphatic carbocycles. The van der Waals surface area contributed by atoms with E-state index in [4.69, 9.17) is 4.74 Å². The zero-order valence-corrected chi connectivity index (χ0v) is 10.5. The standard InChI is InChI=1S/C14H12BF4O/c16-14-10-12(6-7-13(14)15(17,18)19)20-9-8-11-4-2-1-3-5-11/h1-7,10H,8-9H2/q-1. The van der Waals surface area contributed by atoms with Crippen LogP contribution in [0.15, 0.2) is 48.5 Å². The second-order valence-corrected chi connectivity index (χ2v) is 4.34. The van der Waals surface area contributed by atoms with Gasteiger partial charge in [0.1, 0.15) is 5.75 Å². The molecule has 2 rings (SSSR count). The summed E-state index contributed by atoms with van der Waals surface area (Å²) < 4.78 is 55.9. The molecular weight excluding hydrogens is 271 g/mol. The van der Waals surface area contributed by atoms with Gasteiger partial charge in [-0.3, -0.25) is 0 Å². The van der Waals surface area contributed by atoms with Crippen LogP contribution in [0.2, 0.25) is 0 Å². The zero-order chi connectivity index (χ0) is 14.6. The SMILES string of the molecule is Fc1cc(OCCc2ccccc2)ccc1[B-](F)(F)F. The van der Waals surface area contributed by atoms with Gasteiger partial charge in [-0.1, -0.05) is 41.9 Å². The molecule has 0 atom stereocenters. The molecule has 0 aliphatic heterocycles. The summed E-state index contributed by atoms with van der Waals surface area (Å²) in [7, 11) is 0. The van der Waals surface area contributed by atoms with Gasteiger partial charge in [-0.15, -0.1) is 0 Å². The molecule has 0 radical (unpaired) electrons. The lowest BCUT2D eigenvalue weighted by Gasteiger charge is -2.16. The Bertz CT molecular complexity index is 569. The molecule has 0 heterocycles. The topological polar surface area (TPSA) is 9.23 Å². The summed E-state index contributed by atoms with van der Waals surface area (Å²) in [5.74, 6) is -1.20. The van der Waals surface area contributed by atoms with Crippen molar-refractivity contribution in [1.82, 2.24) is 0 Å². The van der Waals surface area contributed by atoms with Gasteiger partial charge in [0.2, 0.25) is 0 Å². The van der Waals surface area contributed by atoms with Crippen LogP contribution in [0.1, 0.15) is 5.56 Å². The van der Waals surface area contributed by atoms with E-state index in [0.717, 1.165) is 17.7 Å². The average molecular weight is 283 g/mol. The molecule has 0 saturated carbocycles. The van der Waals surface area contributed by atoms with Crippen molar-refractivity contribution in [3.63, 3.8) is 0 Å². The first-order valence-corrected chi connectivity index (χ1v) is 6.13. The molecule has 0 aliphatic rings. The highest BCUT2D eigenvalue weighted by atomic mass is 19.4. The van der Waals surface area contributed by atoms with Crippen molar-refractivity contribution in [2.24, 2.45) is 0 Å². The fraction of sp³-hybridized carbons (Fsp3) is 0.143. The lowest BCUT2D eigenvalue weighted by molar-refractivity contribution is 0.320. The molecule has 0 bridgehead atoms. The fourth-order valence-corrected chi connectivity index (χ4v) is 1.79. The minimum Gasteiger partial charge on any atom is -0.493 e. The largest absolute Gasteiger partial charge is 0.512 e. The van der Waals surface area contributed by atoms with Crippen LogP contribution >= 0.6 is 0 Å². The number of ether oxygens (including phenoxy) is 1. The molecule has 106 valence electrons. The molecule has 1 nitrogen and oxygen atoms in total. The molecule has 6 heteroatoms. The van der Waals surface area contributed by atoms with E-state index >= 15 is 0 Å². The molecule has 0 saturated heterocycles. The van der Waals surface area contributed by atoms with Crippen LogP contribution in [0.25, 0.3) is 0 Å². The van der Waals surface area contributed by atoms with E-state index in [1.54, 1.807) is 0 Å². The summed E-state index contributed by atoms with van der Waals surface area (Å²) in [5, 5.41) is 0. The second-order valence-electron chi connectivity index (χ2n) is 4.34. The Morgan fingerprint density at radius 2 is 1.65 bits per heavy atom. The van der Waals surface area contributed by atoms with E-state index in [9.17, 15) is 17.3 Å². The van der Waals surface area contributed by atoms with Crippen LogP contribution in [0, 0.1) is 5.82 Å². The second kappa shape index (κ2) is 5.99. The number of halogens is 4. The molecule has 0 unspecified atom stereocenters. The van der Waals surface area contributed by atoms with E-state index in [-0.39, 0.29) is 12.4 Å². The molecule has 20 heavy (non-hydrogen) atoms. The maximum atomic E-state index is 13.3. The molecule has 0 amide bonds. The third kappa shape index (κ3) is 3.76. The number of benzene rings is 2. The first-order valence-electron chi connectivity index (χ1n) is 6.13. The van der Waals surface area contributed by atoms with Gasteiger partial charge in [0.05, 0.1) is 12.4 Å². The summed E-state index contributed by atoms with van der Waals surface area (Å²) in [6.45, 7) is -5.05. The van der Waals surface area contributed by atoms with E-state index in [1.807, 2.05) is 30.3 Å². The van der Waals surface area contributed by atoms with Gasteiger partial charge in [0.15, 0.2) is 0 Å². The summed E-state index contributed by atoms with van der Waals surface area (Å²) in [6, 6.07) is 12.1. The molecule has 0 fully saturated rings. The monoisotopic (exact) mass is 283 g/mol. The predicted molar refractivity (Wildman–Crippen MR) is 70.8 cm³/mol. The molecule has 0 aromatic heterocycles. The van der Waals surface area contributed by atoms with Crippen molar-refractivity contribution in [1.29, 1.82) is 0 Å². The van der Waals surface area contributed by atoms with Crippen LogP contribution in [0.4, 0.5) is 17.3 Å². The van der Waals surface area contributed by atoms with Crippen LogP contribution in [-0.2, 0) is 6.42 Å². The maximum Gasteiger partial charge on any atom is 0.512 e. The van der Waals surface area contributed by atoms with Crippen molar-refractivity contribution in [2.75, 3.05) is 6.61 Å². The molecule has 0 N–H and O–H groups in total. The lowest BCUT2D eigenvalue weighted by Crippen LogP contribution is -2.36. The fourth-order valence-electron chi connectivity index (χ4n) is 1.79. The Morgan fingerprint density at radius 1 is 0.950 bits per heavy atom. The first-order chi connectivity index (χ1) is 9.47. The average Bonchev–Trinajstić information content (AvgIpc) is 2.38. The van der Waals surface area contributed by atoms with Gasteiger partial charge >= 0.3 is 6.98 Å². The Hall–Kier alpha value is -1.98. The third-order valence-corrected chi connectivity index (χ3v) is 2.83. The minimum absolute atomic E-state index is 0.0993. The van der Waals surface area contributed by atoms with Crippen LogP contribution in [-0.4, -0.2) is 13.6 Å². The van der Waals surface area contributed by atoms with Crippen molar-refractivity contribution in [2.45, 2.75) is 6.42 Å². The smallest absolute Gasteiger partial charge is 0.493 e. The summed E-state index contributed by atoms with van der Waals surface area (Å²) in [5.41, 5.74) is -0.177. The van der Waals surface area contributed by atoms with Gasteiger partial charge in [0, 0.05) is 12.5 Å². The normalized spacial score (nSPS) is 11.4. The highest BCUT2D eigenvalue weighted by Gasteiger charge is 2.28. The van der Waals surface area contributed by atoms with Gasteiger partial charge in [-0.25, -0.2) is 4.39 Å². The quantitative estimate of drug-likeness (QED) is 0.602. The molecule has 2 aromatic carbocycles. The predicted octanol–water partition coefficient (Wildman–Crippen LogP) is 3.50. The van der Waals surface area contributed by atoms with E-state index in [1.165, 1.54) is 0 Å². The molecule has 0 spiro atoms. The Balaban J connectivity index is 1.96. The van der Waals surface area contributed by atoms with E-state index in [0.29, 0.717) is 12.5 Å². The third-order valence-electron chi connectivity index (χ3n) is 2.83. The number of rotatable bonds is 5. The number of hydrogen-bond acceptors (Lipinski definition) is 1. The van der Waals surface area contributed by atoms with Gasteiger partial charge < -0.3 is 17.7 Å². The van der Waals surface area contributed by atoms with Crippen molar-refractivity contribution in [3.05, 3.63) is 59.9 Å². The van der Waals surface area contributed by atoms with Crippen LogP contribution in [0.3, 0.4) is 0 Å². The van der Waals surface area contributed by atoms with Crippen molar-refractivity contribution in [3.8, 4) is 5.75 Å². The molecule has 2 aromatic rings. The van der Waals surface area contributed by atoms with Gasteiger partial charge in [-0.2, -0.15) is 0 Å².